The molecule has 1 unspecified atom stereocenters. The molecule has 0 saturated carbocycles. The molecule has 0 bridgehead atoms. The third-order valence-electron chi connectivity index (χ3n) is 1.29. The lowest BCUT2D eigenvalue weighted by atomic mass is 10.4. The Morgan fingerprint density at radius 3 is 3.17 bits per heavy atom. The number of carbonyl (C=O) groups excluding carboxylic acids is 1. The summed E-state index contributed by atoms with van der Waals surface area (Å²) < 4.78 is 4.76. The molecule has 1 N–H and O–H groups in total. The summed E-state index contributed by atoms with van der Waals surface area (Å²) in [5, 5.41) is 5.55. The molecule has 0 aliphatic heterocycles. The molecule has 1 aromatic heterocycles. The molecule has 1 rings (SSSR count). The summed E-state index contributed by atoms with van der Waals surface area (Å²) in [6, 6.07) is 1.68. The maximum absolute atomic E-state index is 10.9. The SMILES string of the molecule is CC(Cl)C(=O)NCc1ccno1. The lowest BCUT2D eigenvalue weighted by Crippen LogP contribution is -2.28. The number of aromatic nitrogens is 1. The predicted octanol–water partition coefficient (Wildman–Crippen LogP) is 0.918. The zero-order valence-corrected chi connectivity index (χ0v) is 7.34. The van der Waals surface area contributed by atoms with Crippen molar-refractivity contribution in [3.05, 3.63) is 18.0 Å². The van der Waals surface area contributed by atoms with Gasteiger partial charge in [0.2, 0.25) is 5.91 Å². The molecule has 1 aromatic rings. The van der Waals surface area contributed by atoms with Gasteiger partial charge in [0.1, 0.15) is 5.38 Å². The Kier molecular flexibility index (Phi) is 3.10. The summed E-state index contributed by atoms with van der Waals surface area (Å²) in [5.41, 5.74) is 0. The molecule has 66 valence electrons. The lowest BCUT2D eigenvalue weighted by molar-refractivity contribution is -0.120. The largest absolute Gasteiger partial charge is 0.360 e. The van der Waals surface area contributed by atoms with Crippen LogP contribution in [0.5, 0.6) is 0 Å². The van der Waals surface area contributed by atoms with Crippen molar-refractivity contribution in [3.8, 4) is 0 Å². The van der Waals surface area contributed by atoms with Crippen molar-refractivity contribution in [2.24, 2.45) is 0 Å². The van der Waals surface area contributed by atoms with Gasteiger partial charge in [-0.15, -0.1) is 11.6 Å². The van der Waals surface area contributed by atoms with Crippen molar-refractivity contribution in [2.75, 3.05) is 0 Å². The number of rotatable bonds is 3. The van der Waals surface area contributed by atoms with Crippen molar-refractivity contribution >= 4 is 17.5 Å². The van der Waals surface area contributed by atoms with Gasteiger partial charge in [0.15, 0.2) is 5.76 Å². The number of nitrogens with one attached hydrogen (secondary N) is 1. The predicted molar refractivity (Wildman–Crippen MR) is 43.7 cm³/mol. The first-order valence-corrected chi connectivity index (χ1v) is 3.95. The number of nitrogens with zero attached hydrogens (tertiary/aromatic N) is 1. The van der Waals surface area contributed by atoms with E-state index in [-0.39, 0.29) is 5.91 Å². The van der Waals surface area contributed by atoms with Gasteiger partial charge in [-0.1, -0.05) is 5.16 Å². The first-order valence-electron chi connectivity index (χ1n) is 3.51. The Morgan fingerprint density at radius 1 is 1.92 bits per heavy atom. The van der Waals surface area contributed by atoms with Crippen LogP contribution in [0.25, 0.3) is 0 Å². The van der Waals surface area contributed by atoms with Crippen molar-refractivity contribution in [1.29, 1.82) is 0 Å². The van der Waals surface area contributed by atoms with Gasteiger partial charge >= 0.3 is 0 Å². The second kappa shape index (κ2) is 4.11. The summed E-state index contributed by atoms with van der Waals surface area (Å²) in [7, 11) is 0. The van der Waals surface area contributed by atoms with Crippen LogP contribution in [0.4, 0.5) is 0 Å². The summed E-state index contributed by atoms with van der Waals surface area (Å²) in [6.45, 7) is 1.94. The molecule has 5 heteroatoms. The Bertz CT molecular complexity index is 246. The molecule has 0 fully saturated rings. The molecule has 12 heavy (non-hydrogen) atoms. The molecule has 0 radical (unpaired) electrons. The summed E-state index contributed by atoms with van der Waals surface area (Å²) in [5.74, 6) is 0.397. The van der Waals surface area contributed by atoms with E-state index in [0.29, 0.717) is 12.3 Å². The molecule has 0 aliphatic rings. The highest BCUT2D eigenvalue weighted by Crippen LogP contribution is 1.97. The van der Waals surface area contributed by atoms with Crippen LogP contribution in [0.1, 0.15) is 12.7 Å². The van der Waals surface area contributed by atoms with Crippen molar-refractivity contribution in [1.82, 2.24) is 10.5 Å². The average Bonchev–Trinajstić information content (AvgIpc) is 2.51. The number of hydrogen-bond donors (Lipinski definition) is 1. The second-order valence-corrected chi connectivity index (χ2v) is 2.97. The van der Waals surface area contributed by atoms with E-state index in [9.17, 15) is 4.79 Å². The Labute approximate surface area is 74.9 Å². The molecule has 4 nitrogen and oxygen atoms in total. The first-order chi connectivity index (χ1) is 5.70. The number of amides is 1. The maximum atomic E-state index is 10.9. The van der Waals surface area contributed by atoms with Crippen LogP contribution >= 0.6 is 11.6 Å². The third-order valence-corrected chi connectivity index (χ3v) is 1.49. The van der Waals surface area contributed by atoms with Crippen molar-refractivity contribution in [3.63, 3.8) is 0 Å². The van der Waals surface area contributed by atoms with E-state index in [4.69, 9.17) is 16.1 Å². The lowest BCUT2D eigenvalue weighted by Gasteiger charge is -2.02. The quantitative estimate of drug-likeness (QED) is 0.718. The number of alkyl halides is 1. The zero-order valence-electron chi connectivity index (χ0n) is 6.58. The van der Waals surface area contributed by atoms with Crippen molar-refractivity contribution in [2.45, 2.75) is 18.8 Å². The molecule has 0 aromatic carbocycles. The zero-order chi connectivity index (χ0) is 8.97. The molecule has 0 aliphatic carbocycles. The van der Waals surface area contributed by atoms with Crippen molar-refractivity contribution < 1.29 is 9.32 Å². The Morgan fingerprint density at radius 2 is 2.67 bits per heavy atom. The van der Waals surface area contributed by atoms with E-state index in [1.165, 1.54) is 6.20 Å². The normalized spacial score (nSPS) is 12.5. The van der Waals surface area contributed by atoms with Crippen LogP contribution < -0.4 is 5.32 Å². The average molecular weight is 189 g/mol. The van der Waals surface area contributed by atoms with E-state index >= 15 is 0 Å². The van der Waals surface area contributed by atoms with Gasteiger partial charge in [0.05, 0.1) is 12.7 Å². The van der Waals surface area contributed by atoms with E-state index in [0.717, 1.165) is 0 Å². The summed E-state index contributed by atoms with van der Waals surface area (Å²) in [6.07, 6.45) is 1.52. The van der Waals surface area contributed by atoms with Gasteiger partial charge in [-0.05, 0) is 6.92 Å². The van der Waals surface area contributed by atoms with Gasteiger partial charge < -0.3 is 9.84 Å². The molecule has 0 saturated heterocycles. The minimum atomic E-state index is -0.520. The fourth-order valence-electron chi connectivity index (χ4n) is 0.648. The molecule has 0 spiro atoms. The van der Waals surface area contributed by atoms with Crippen LogP contribution in [0.3, 0.4) is 0 Å². The van der Waals surface area contributed by atoms with Crippen LogP contribution in [0.15, 0.2) is 16.8 Å². The summed E-state index contributed by atoms with van der Waals surface area (Å²) >= 11 is 5.51. The van der Waals surface area contributed by atoms with E-state index < -0.39 is 5.38 Å². The molecular weight excluding hydrogens is 180 g/mol. The minimum Gasteiger partial charge on any atom is -0.360 e. The summed E-state index contributed by atoms with van der Waals surface area (Å²) in [4.78, 5) is 10.9. The standard InChI is InChI=1S/C7H9ClN2O2/c1-5(8)7(11)9-4-6-2-3-10-12-6/h2-3,5H,4H2,1H3,(H,9,11). The fourth-order valence-corrected chi connectivity index (χ4v) is 0.725. The van der Waals surface area contributed by atoms with Crippen LogP contribution in [0.2, 0.25) is 0 Å². The van der Waals surface area contributed by atoms with E-state index in [1.807, 2.05) is 0 Å². The monoisotopic (exact) mass is 188 g/mol. The number of halogens is 1. The molecular formula is C7H9ClN2O2. The van der Waals surface area contributed by atoms with Crippen LogP contribution in [-0.4, -0.2) is 16.4 Å². The molecule has 1 atom stereocenters. The number of carbonyl (C=O) groups is 1. The highest BCUT2D eigenvalue weighted by molar-refractivity contribution is 6.30. The van der Waals surface area contributed by atoms with Crippen LogP contribution in [-0.2, 0) is 11.3 Å². The highest BCUT2D eigenvalue weighted by Gasteiger charge is 2.08. The second-order valence-electron chi connectivity index (χ2n) is 2.31. The molecule has 1 heterocycles. The van der Waals surface area contributed by atoms with Gasteiger partial charge in [-0.3, -0.25) is 4.79 Å². The van der Waals surface area contributed by atoms with Crippen LogP contribution in [0, 0.1) is 0 Å². The number of hydrogen-bond acceptors (Lipinski definition) is 3. The fraction of sp³-hybridized carbons (Fsp3) is 0.429. The first kappa shape index (κ1) is 9.06. The topological polar surface area (TPSA) is 55.1 Å². The third kappa shape index (κ3) is 2.54. The Hall–Kier alpha value is -1.03. The minimum absolute atomic E-state index is 0.215. The molecule has 1 amide bonds. The Balaban J connectivity index is 2.32. The van der Waals surface area contributed by atoms with Gasteiger partial charge in [-0.25, -0.2) is 0 Å². The van der Waals surface area contributed by atoms with E-state index in [2.05, 4.69) is 10.5 Å². The van der Waals surface area contributed by atoms with Gasteiger partial charge in [0, 0.05) is 6.07 Å². The van der Waals surface area contributed by atoms with Gasteiger partial charge in [0.25, 0.3) is 0 Å². The smallest absolute Gasteiger partial charge is 0.238 e. The highest BCUT2D eigenvalue weighted by atomic mass is 35.5. The van der Waals surface area contributed by atoms with E-state index in [1.54, 1.807) is 13.0 Å². The maximum Gasteiger partial charge on any atom is 0.238 e. The van der Waals surface area contributed by atoms with Gasteiger partial charge in [-0.2, -0.15) is 0 Å².